The SMILES string of the molecule is COC1=CCC2C(=C1Cl)C(CC(=O)O)=C(C)N2C(=O)c1ccc(Cl)s1. The van der Waals surface area contributed by atoms with Crippen LogP contribution in [0.1, 0.15) is 29.4 Å². The molecule has 5 nitrogen and oxygen atoms in total. The number of methoxy groups -OCH3 is 1. The number of allylic oxidation sites excluding steroid dienone is 2. The number of rotatable bonds is 4. The Morgan fingerprint density at radius 1 is 1.40 bits per heavy atom. The van der Waals surface area contributed by atoms with Crippen LogP contribution in [0, 0.1) is 0 Å². The van der Waals surface area contributed by atoms with Gasteiger partial charge in [0.25, 0.3) is 5.91 Å². The maximum Gasteiger partial charge on any atom is 0.307 e. The summed E-state index contributed by atoms with van der Waals surface area (Å²) >= 11 is 13.6. The number of carbonyl (C=O) groups excluding carboxylic acids is 1. The summed E-state index contributed by atoms with van der Waals surface area (Å²) in [5, 5.41) is 9.63. The molecule has 2 aliphatic rings. The van der Waals surface area contributed by atoms with E-state index in [0.717, 1.165) is 0 Å². The summed E-state index contributed by atoms with van der Waals surface area (Å²) in [5.41, 5.74) is 1.80. The number of hydrogen-bond acceptors (Lipinski definition) is 4. The fourth-order valence-corrected chi connectivity index (χ4v) is 4.61. The van der Waals surface area contributed by atoms with Crippen molar-refractivity contribution < 1.29 is 19.4 Å². The molecule has 1 aliphatic carbocycles. The van der Waals surface area contributed by atoms with Gasteiger partial charge in [0.05, 0.1) is 33.8 Å². The quantitative estimate of drug-likeness (QED) is 0.814. The number of hydrogen-bond donors (Lipinski definition) is 1. The first-order chi connectivity index (χ1) is 11.8. The predicted octanol–water partition coefficient (Wildman–Crippen LogP) is 4.40. The van der Waals surface area contributed by atoms with E-state index in [4.69, 9.17) is 27.9 Å². The summed E-state index contributed by atoms with van der Waals surface area (Å²) in [4.78, 5) is 26.4. The molecular formula is C17H15Cl2NO4S. The molecule has 0 bridgehead atoms. The minimum Gasteiger partial charge on any atom is -0.496 e. The van der Waals surface area contributed by atoms with Gasteiger partial charge in [-0.05, 0) is 37.1 Å². The molecule has 0 saturated carbocycles. The Bertz CT molecular complexity index is 853. The molecule has 132 valence electrons. The molecule has 1 atom stereocenters. The lowest BCUT2D eigenvalue weighted by Crippen LogP contribution is -2.36. The van der Waals surface area contributed by atoms with Gasteiger partial charge in [-0.15, -0.1) is 11.3 Å². The highest BCUT2D eigenvalue weighted by molar-refractivity contribution is 7.18. The zero-order valence-electron chi connectivity index (χ0n) is 13.5. The van der Waals surface area contributed by atoms with Crippen LogP contribution >= 0.6 is 34.5 Å². The Morgan fingerprint density at radius 2 is 2.12 bits per heavy atom. The third-order valence-corrected chi connectivity index (χ3v) is 5.91. The molecule has 2 heterocycles. The number of ether oxygens (including phenoxy) is 1. The third-order valence-electron chi connectivity index (χ3n) is 4.30. The van der Waals surface area contributed by atoms with E-state index >= 15 is 0 Å². The van der Waals surface area contributed by atoms with Crippen LogP contribution in [-0.4, -0.2) is 35.0 Å². The molecule has 1 unspecified atom stereocenters. The van der Waals surface area contributed by atoms with Gasteiger partial charge in [0.2, 0.25) is 0 Å². The van der Waals surface area contributed by atoms with Crippen LogP contribution in [0.4, 0.5) is 0 Å². The zero-order valence-corrected chi connectivity index (χ0v) is 15.8. The molecule has 25 heavy (non-hydrogen) atoms. The molecule has 1 aromatic heterocycles. The molecule has 8 heteroatoms. The monoisotopic (exact) mass is 399 g/mol. The molecule has 3 rings (SSSR count). The summed E-state index contributed by atoms with van der Waals surface area (Å²) in [6, 6.07) is 3.00. The van der Waals surface area contributed by atoms with Gasteiger partial charge in [0.15, 0.2) is 0 Å². The molecule has 0 fully saturated rings. The first-order valence-electron chi connectivity index (χ1n) is 7.50. The predicted molar refractivity (Wildman–Crippen MR) is 96.8 cm³/mol. The van der Waals surface area contributed by atoms with Crippen LogP contribution in [0.3, 0.4) is 0 Å². The Morgan fingerprint density at radius 3 is 2.68 bits per heavy atom. The standard InChI is InChI=1S/C17H15Cl2NO4S/c1-8-9(7-14(21)22)15-10(3-4-11(24-2)16(15)19)20(8)17(23)12-5-6-13(18)25-12/h4-6,10H,3,7H2,1-2H3,(H,21,22). The number of fused-ring (bicyclic) bond motifs is 1. The minimum atomic E-state index is -0.980. The number of nitrogens with zero attached hydrogens (tertiary/aromatic N) is 1. The minimum absolute atomic E-state index is 0.208. The van der Waals surface area contributed by atoms with Gasteiger partial charge in [-0.1, -0.05) is 23.2 Å². The highest BCUT2D eigenvalue weighted by atomic mass is 35.5. The van der Waals surface area contributed by atoms with Gasteiger partial charge in [-0.3, -0.25) is 9.59 Å². The van der Waals surface area contributed by atoms with Crippen LogP contribution in [0.25, 0.3) is 0 Å². The van der Waals surface area contributed by atoms with Gasteiger partial charge in [0, 0.05) is 11.3 Å². The number of carbonyl (C=O) groups is 2. The highest BCUT2D eigenvalue weighted by Crippen LogP contribution is 2.45. The smallest absolute Gasteiger partial charge is 0.307 e. The number of amides is 1. The van der Waals surface area contributed by atoms with Crippen molar-refractivity contribution in [3.63, 3.8) is 0 Å². The maximum absolute atomic E-state index is 13.0. The molecular weight excluding hydrogens is 385 g/mol. The van der Waals surface area contributed by atoms with E-state index in [9.17, 15) is 14.7 Å². The van der Waals surface area contributed by atoms with Crippen LogP contribution in [-0.2, 0) is 9.53 Å². The van der Waals surface area contributed by atoms with Gasteiger partial charge in [0.1, 0.15) is 5.76 Å². The average molecular weight is 400 g/mol. The Hall–Kier alpha value is -1.76. The highest BCUT2D eigenvalue weighted by Gasteiger charge is 2.42. The summed E-state index contributed by atoms with van der Waals surface area (Å²) < 4.78 is 5.79. The Labute approximate surface area is 158 Å². The summed E-state index contributed by atoms with van der Waals surface area (Å²) in [5.74, 6) is -0.694. The topological polar surface area (TPSA) is 66.8 Å². The lowest BCUT2D eigenvalue weighted by molar-refractivity contribution is -0.136. The average Bonchev–Trinajstić information content (AvgIpc) is 3.10. The molecule has 0 saturated heterocycles. The van der Waals surface area contributed by atoms with E-state index in [1.165, 1.54) is 18.4 Å². The van der Waals surface area contributed by atoms with E-state index in [1.54, 1.807) is 24.0 Å². The number of thiophene rings is 1. The first-order valence-corrected chi connectivity index (χ1v) is 9.07. The zero-order chi connectivity index (χ0) is 18.3. The van der Waals surface area contributed by atoms with Gasteiger partial charge in [-0.2, -0.15) is 0 Å². The summed E-state index contributed by atoms with van der Waals surface area (Å²) in [6.45, 7) is 1.74. The molecule has 0 aromatic carbocycles. The fourth-order valence-electron chi connectivity index (χ4n) is 3.24. The van der Waals surface area contributed by atoms with E-state index < -0.39 is 5.97 Å². The molecule has 0 radical (unpaired) electrons. The van der Waals surface area contributed by atoms with Gasteiger partial charge in [-0.25, -0.2) is 0 Å². The second kappa shape index (κ2) is 6.86. The third kappa shape index (κ3) is 3.10. The summed E-state index contributed by atoms with van der Waals surface area (Å²) in [6.07, 6.45) is 2.11. The summed E-state index contributed by atoms with van der Waals surface area (Å²) in [7, 11) is 1.51. The number of halogens is 2. The van der Waals surface area contributed by atoms with Gasteiger partial charge >= 0.3 is 5.97 Å². The maximum atomic E-state index is 13.0. The lowest BCUT2D eigenvalue weighted by atomic mass is 9.92. The van der Waals surface area contributed by atoms with E-state index in [2.05, 4.69) is 0 Å². The van der Waals surface area contributed by atoms with E-state index in [1.807, 2.05) is 6.08 Å². The normalized spacial score (nSPS) is 19.9. The molecule has 1 amide bonds. The molecule has 1 aliphatic heterocycles. The van der Waals surface area contributed by atoms with Crippen molar-refractivity contribution in [3.05, 3.63) is 55.1 Å². The Balaban J connectivity index is 2.09. The van der Waals surface area contributed by atoms with E-state index in [-0.39, 0.29) is 18.4 Å². The first kappa shape index (κ1) is 18.0. The fraction of sp³-hybridized carbons (Fsp3) is 0.294. The molecule has 1 N–H and O–H groups in total. The van der Waals surface area contributed by atoms with Crippen molar-refractivity contribution in [1.29, 1.82) is 0 Å². The van der Waals surface area contributed by atoms with Crippen molar-refractivity contribution in [3.8, 4) is 0 Å². The second-order valence-corrected chi connectivity index (χ2v) is 7.76. The van der Waals surface area contributed by atoms with Crippen molar-refractivity contribution in [1.82, 2.24) is 4.90 Å². The number of carboxylic acids is 1. The van der Waals surface area contributed by atoms with E-state index in [0.29, 0.717) is 43.3 Å². The van der Waals surface area contributed by atoms with Crippen LogP contribution in [0.15, 0.2) is 45.8 Å². The van der Waals surface area contributed by atoms with Crippen LogP contribution in [0.2, 0.25) is 4.34 Å². The van der Waals surface area contributed by atoms with Gasteiger partial charge < -0.3 is 14.7 Å². The van der Waals surface area contributed by atoms with Crippen molar-refractivity contribution in [2.75, 3.05) is 7.11 Å². The van der Waals surface area contributed by atoms with Crippen LogP contribution in [0.5, 0.6) is 0 Å². The van der Waals surface area contributed by atoms with Crippen molar-refractivity contribution in [2.24, 2.45) is 0 Å². The lowest BCUT2D eigenvalue weighted by Gasteiger charge is -2.29. The molecule has 0 spiro atoms. The largest absolute Gasteiger partial charge is 0.496 e. The van der Waals surface area contributed by atoms with Crippen molar-refractivity contribution >= 4 is 46.4 Å². The van der Waals surface area contributed by atoms with Crippen molar-refractivity contribution in [2.45, 2.75) is 25.8 Å². The number of aliphatic carboxylic acids is 1. The second-order valence-electron chi connectivity index (χ2n) is 5.67. The molecule has 1 aromatic rings. The van der Waals surface area contributed by atoms with Crippen LogP contribution < -0.4 is 0 Å². The Kier molecular flexibility index (Phi) is 4.95. The number of carboxylic acid groups (broad SMARTS) is 1.